The summed E-state index contributed by atoms with van der Waals surface area (Å²) >= 11 is 0. The summed E-state index contributed by atoms with van der Waals surface area (Å²) in [5.74, 6) is -0.220. The number of nitrogens with one attached hydrogen (secondary N) is 1. The number of hydrogen-bond donors (Lipinski definition) is 4. The molecule has 0 aromatic rings. The second-order valence-electron chi connectivity index (χ2n) is 17.9. The molecule has 4 N–H and O–H groups in total. The zero-order chi connectivity index (χ0) is 42.5. The van der Waals surface area contributed by atoms with Gasteiger partial charge >= 0.3 is 7.82 Å². The predicted molar refractivity (Wildman–Crippen MR) is 250 cm³/mol. The molecule has 0 aromatic heterocycles. The Hall–Kier alpha value is -0.720. The van der Waals surface area contributed by atoms with E-state index in [-0.39, 0.29) is 5.91 Å². The number of aliphatic hydroxyl groups is 1. The minimum atomic E-state index is -4.72. The summed E-state index contributed by atoms with van der Waals surface area (Å²) in [4.78, 5) is 31.0. The first kappa shape index (κ1) is 57.3. The van der Waals surface area contributed by atoms with Crippen LogP contribution >= 0.6 is 7.82 Å². The number of carbonyl (C=O) groups is 1. The largest absolute Gasteiger partial charge is 0.469 e. The molecule has 2 atom stereocenters. The molecule has 0 saturated carbocycles. The van der Waals surface area contributed by atoms with Crippen LogP contribution in [0.4, 0.5) is 0 Å². The number of hydrogen-bond acceptors (Lipinski definition) is 4. The summed E-state index contributed by atoms with van der Waals surface area (Å²) in [5.41, 5.74) is 0. The molecule has 0 spiro atoms. The SMILES string of the molecule is CCCCCCCCCCCCCCC/C=C/[C@@H](O)[C@H](COP(=O)(O)O)NC(=O)CCCCCCCCCCCCCCCCCCCCCCCCCCCCC. The topological polar surface area (TPSA) is 116 Å². The molecule has 0 aliphatic rings. The van der Waals surface area contributed by atoms with Gasteiger partial charge in [0.1, 0.15) is 0 Å². The van der Waals surface area contributed by atoms with Gasteiger partial charge in [-0.3, -0.25) is 9.32 Å². The van der Waals surface area contributed by atoms with Crippen LogP contribution in [0.25, 0.3) is 0 Å². The number of aliphatic hydroxyl groups excluding tert-OH is 1. The predicted octanol–water partition coefficient (Wildman–Crippen LogP) is 15.9. The zero-order valence-corrected chi connectivity index (χ0v) is 39.6. The maximum Gasteiger partial charge on any atom is 0.469 e. The van der Waals surface area contributed by atoms with Crippen molar-refractivity contribution in [3.63, 3.8) is 0 Å². The average Bonchev–Trinajstić information content (AvgIpc) is 3.20. The molecule has 0 aliphatic carbocycles. The van der Waals surface area contributed by atoms with E-state index in [2.05, 4.69) is 23.7 Å². The highest BCUT2D eigenvalue weighted by Crippen LogP contribution is 2.36. The molecule has 7 nitrogen and oxygen atoms in total. The Morgan fingerprint density at radius 3 is 1.05 bits per heavy atom. The van der Waals surface area contributed by atoms with Crippen molar-refractivity contribution >= 4 is 13.7 Å². The number of phosphoric acid groups is 1. The average molecular weight is 842 g/mol. The highest BCUT2D eigenvalue weighted by atomic mass is 31.2. The Bertz CT molecular complexity index is 911. The van der Waals surface area contributed by atoms with E-state index in [9.17, 15) is 24.3 Å². The minimum absolute atomic E-state index is 0.220. The Morgan fingerprint density at radius 2 is 0.759 bits per heavy atom. The van der Waals surface area contributed by atoms with Crippen molar-refractivity contribution in [2.75, 3.05) is 6.61 Å². The van der Waals surface area contributed by atoms with E-state index in [1.165, 1.54) is 225 Å². The summed E-state index contributed by atoms with van der Waals surface area (Å²) in [6.07, 6.45) is 56.9. The van der Waals surface area contributed by atoms with Crippen LogP contribution in [0.2, 0.25) is 0 Å². The molecule has 0 heterocycles. The van der Waals surface area contributed by atoms with Gasteiger partial charge in [-0.1, -0.05) is 270 Å². The van der Waals surface area contributed by atoms with Crippen molar-refractivity contribution in [3.8, 4) is 0 Å². The van der Waals surface area contributed by atoms with Gasteiger partial charge in [0, 0.05) is 6.42 Å². The first-order valence-corrected chi connectivity index (χ1v) is 27.2. The molecule has 346 valence electrons. The van der Waals surface area contributed by atoms with Crippen LogP contribution in [-0.4, -0.2) is 39.6 Å². The summed E-state index contributed by atoms with van der Waals surface area (Å²) < 4.78 is 16.0. The summed E-state index contributed by atoms with van der Waals surface area (Å²) in [5, 5.41) is 13.5. The third kappa shape index (κ3) is 46.3. The second-order valence-corrected chi connectivity index (χ2v) is 19.1. The van der Waals surface area contributed by atoms with Crippen LogP contribution in [0.15, 0.2) is 12.2 Å². The van der Waals surface area contributed by atoms with Gasteiger partial charge in [0.15, 0.2) is 0 Å². The Kier molecular flexibility index (Phi) is 45.2. The van der Waals surface area contributed by atoms with Gasteiger partial charge in [0.2, 0.25) is 5.91 Å². The number of phosphoric ester groups is 1. The van der Waals surface area contributed by atoms with Gasteiger partial charge in [0.25, 0.3) is 0 Å². The van der Waals surface area contributed by atoms with E-state index in [0.29, 0.717) is 6.42 Å². The first-order chi connectivity index (χ1) is 28.3. The number of unbranched alkanes of at least 4 members (excludes halogenated alkanes) is 39. The lowest BCUT2D eigenvalue weighted by Gasteiger charge is -2.22. The smallest absolute Gasteiger partial charge is 0.387 e. The first-order valence-electron chi connectivity index (χ1n) is 25.6. The van der Waals surface area contributed by atoms with E-state index in [1.807, 2.05) is 6.08 Å². The summed E-state index contributed by atoms with van der Waals surface area (Å²) in [7, 11) is -4.72. The summed E-state index contributed by atoms with van der Waals surface area (Å²) in [6.45, 7) is 4.11. The highest BCUT2D eigenvalue weighted by molar-refractivity contribution is 7.46. The van der Waals surface area contributed by atoms with Crippen molar-refractivity contribution in [2.45, 2.75) is 296 Å². The standard InChI is InChI=1S/C50H100NO6P/c1-3-5-7-9-11-13-15-17-19-20-21-22-23-24-25-26-27-28-29-30-32-34-36-38-40-42-44-46-50(53)51-48(47-57-58(54,55)56)49(52)45-43-41-39-37-35-33-31-18-16-14-12-10-8-6-4-2/h43,45,48-49,52H,3-42,44,46-47H2,1-2H3,(H,51,53)(H2,54,55,56)/b45-43+/t48-,49+/m0/s1. The van der Waals surface area contributed by atoms with Gasteiger partial charge in [-0.15, -0.1) is 0 Å². The molecular formula is C50H100NO6P. The van der Waals surface area contributed by atoms with Crippen LogP contribution in [0.5, 0.6) is 0 Å². The third-order valence-electron chi connectivity index (χ3n) is 12.0. The minimum Gasteiger partial charge on any atom is -0.387 e. The van der Waals surface area contributed by atoms with E-state index in [0.717, 1.165) is 38.5 Å². The maximum atomic E-state index is 12.6. The lowest BCUT2D eigenvalue weighted by atomic mass is 10.0. The molecule has 0 aromatic carbocycles. The fourth-order valence-corrected chi connectivity index (χ4v) is 8.46. The van der Waals surface area contributed by atoms with Crippen LogP contribution in [0, 0.1) is 0 Å². The van der Waals surface area contributed by atoms with Crippen LogP contribution in [0.1, 0.15) is 284 Å². The Balaban J connectivity index is 3.75. The van der Waals surface area contributed by atoms with Gasteiger partial charge in [-0.05, 0) is 19.3 Å². The number of allylic oxidation sites excluding steroid dienone is 1. The maximum absolute atomic E-state index is 12.6. The van der Waals surface area contributed by atoms with Gasteiger partial charge in [-0.25, -0.2) is 4.57 Å². The second kappa shape index (κ2) is 45.8. The van der Waals surface area contributed by atoms with Crippen molar-refractivity contribution in [3.05, 3.63) is 12.2 Å². The quantitative estimate of drug-likeness (QED) is 0.0275. The molecule has 0 aliphatic heterocycles. The van der Waals surface area contributed by atoms with E-state index in [4.69, 9.17) is 0 Å². The highest BCUT2D eigenvalue weighted by Gasteiger charge is 2.24. The molecule has 0 rings (SSSR count). The molecule has 0 saturated heterocycles. The van der Waals surface area contributed by atoms with Gasteiger partial charge < -0.3 is 20.2 Å². The van der Waals surface area contributed by atoms with E-state index >= 15 is 0 Å². The van der Waals surface area contributed by atoms with Crippen molar-refractivity contribution in [1.82, 2.24) is 5.32 Å². The lowest BCUT2D eigenvalue weighted by molar-refractivity contribution is -0.123. The normalized spacial score (nSPS) is 13.1. The van der Waals surface area contributed by atoms with E-state index in [1.54, 1.807) is 6.08 Å². The van der Waals surface area contributed by atoms with Crippen LogP contribution in [-0.2, 0) is 13.9 Å². The molecule has 58 heavy (non-hydrogen) atoms. The number of amides is 1. The van der Waals surface area contributed by atoms with Crippen LogP contribution < -0.4 is 5.32 Å². The number of rotatable bonds is 48. The van der Waals surface area contributed by atoms with Crippen molar-refractivity contribution in [2.24, 2.45) is 0 Å². The zero-order valence-electron chi connectivity index (χ0n) is 38.7. The van der Waals surface area contributed by atoms with Crippen molar-refractivity contribution in [1.29, 1.82) is 0 Å². The monoisotopic (exact) mass is 842 g/mol. The molecule has 0 radical (unpaired) electrons. The molecular weight excluding hydrogens is 742 g/mol. The molecule has 8 heteroatoms. The fraction of sp³-hybridized carbons (Fsp3) is 0.940. The molecule has 0 bridgehead atoms. The molecule has 0 unspecified atom stereocenters. The Labute approximate surface area is 361 Å². The fourth-order valence-electron chi connectivity index (χ4n) is 8.11. The van der Waals surface area contributed by atoms with Crippen molar-refractivity contribution < 1.29 is 28.8 Å². The molecule has 0 fully saturated rings. The van der Waals surface area contributed by atoms with Gasteiger partial charge in [0.05, 0.1) is 18.8 Å². The van der Waals surface area contributed by atoms with Crippen LogP contribution in [0.3, 0.4) is 0 Å². The molecule has 1 amide bonds. The summed E-state index contributed by atoms with van der Waals surface area (Å²) in [6, 6.07) is -0.906. The lowest BCUT2D eigenvalue weighted by Crippen LogP contribution is -2.45. The van der Waals surface area contributed by atoms with Gasteiger partial charge in [-0.2, -0.15) is 0 Å². The third-order valence-corrected chi connectivity index (χ3v) is 12.5. The van der Waals surface area contributed by atoms with E-state index < -0.39 is 26.6 Å². The Morgan fingerprint density at radius 1 is 0.483 bits per heavy atom. The number of carbonyl (C=O) groups excluding carboxylic acids is 1.